The van der Waals surface area contributed by atoms with Crippen LogP contribution in [0.1, 0.15) is 18.4 Å². The van der Waals surface area contributed by atoms with Crippen molar-refractivity contribution in [3.63, 3.8) is 0 Å². The fraction of sp³-hybridized carbons (Fsp3) is 0.533. The van der Waals surface area contributed by atoms with E-state index in [9.17, 15) is 9.59 Å². The summed E-state index contributed by atoms with van der Waals surface area (Å²) in [5.74, 6) is -0.492. The zero-order chi connectivity index (χ0) is 15.2. The summed E-state index contributed by atoms with van der Waals surface area (Å²) in [6.45, 7) is 0.878. The van der Waals surface area contributed by atoms with Crippen LogP contribution in [0.5, 0.6) is 0 Å². The van der Waals surface area contributed by atoms with Gasteiger partial charge in [0.2, 0.25) is 0 Å². The van der Waals surface area contributed by atoms with E-state index >= 15 is 0 Å². The summed E-state index contributed by atoms with van der Waals surface area (Å²) in [6.07, 6.45) is 6.35. The highest BCUT2D eigenvalue weighted by Crippen LogP contribution is 2.29. The number of urea groups is 1. The van der Waals surface area contributed by atoms with Crippen LogP contribution in [0, 0.1) is 5.92 Å². The molecular formula is C15H21N3O3. The van der Waals surface area contributed by atoms with Crippen LogP contribution in [-0.2, 0) is 11.2 Å². The second kappa shape index (κ2) is 7.06. The normalized spacial score (nSPS) is 13.8. The molecule has 1 heterocycles. The summed E-state index contributed by atoms with van der Waals surface area (Å²) < 4.78 is 0. The van der Waals surface area contributed by atoms with Crippen molar-refractivity contribution in [3.8, 4) is 0 Å². The van der Waals surface area contributed by atoms with Crippen molar-refractivity contribution in [1.82, 2.24) is 14.8 Å². The molecule has 1 aromatic heterocycles. The molecule has 1 saturated carbocycles. The Kier molecular flexibility index (Phi) is 5.14. The van der Waals surface area contributed by atoms with Crippen molar-refractivity contribution < 1.29 is 14.7 Å². The highest BCUT2D eigenvalue weighted by atomic mass is 16.4. The van der Waals surface area contributed by atoms with E-state index in [-0.39, 0.29) is 12.6 Å². The number of aromatic nitrogens is 1. The molecular weight excluding hydrogens is 270 g/mol. The molecule has 1 aliphatic carbocycles. The summed E-state index contributed by atoms with van der Waals surface area (Å²) in [4.78, 5) is 30.2. The number of likely N-dealkylation sites (N-methyl/N-ethyl adjacent to an activating group) is 1. The van der Waals surface area contributed by atoms with E-state index in [1.54, 1.807) is 24.3 Å². The van der Waals surface area contributed by atoms with E-state index in [1.165, 1.54) is 4.90 Å². The molecule has 0 aromatic carbocycles. The molecule has 0 spiro atoms. The average molecular weight is 291 g/mol. The third-order valence-corrected chi connectivity index (χ3v) is 3.58. The Hall–Kier alpha value is -2.11. The molecule has 6 heteroatoms. The van der Waals surface area contributed by atoms with Gasteiger partial charge in [-0.25, -0.2) is 4.79 Å². The highest BCUT2D eigenvalue weighted by Gasteiger charge is 2.29. The Morgan fingerprint density at radius 2 is 2.00 bits per heavy atom. The molecule has 1 aromatic rings. The van der Waals surface area contributed by atoms with Gasteiger partial charge >= 0.3 is 12.0 Å². The van der Waals surface area contributed by atoms with E-state index in [0.717, 1.165) is 24.8 Å². The van der Waals surface area contributed by atoms with Gasteiger partial charge in [0.25, 0.3) is 0 Å². The lowest BCUT2D eigenvalue weighted by Gasteiger charge is -2.27. The molecule has 114 valence electrons. The van der Waals surface area contributed by atoms with E-state index in [2.05, 4.69) is 4.98 Å². The number of carboxylic acid groups (broad SMARTS) is 1. The van der Waals surface area contributed by atoms with Gasteiger partial charge in [-0.05, 0) is 42.9 Å². The van der Waals surface area contributed by atoms with Crippen LogP contribution >= 0.6 is 0 Å². The number of carboxylic acids is 1. The fourth-order valence-electron chi connectivity index (χ4n) is 2.17. The monoisotopic (exact) mass is 291 g/mol. The molecule has 1 fully saturated rings. The van der Waals surface area contributed by atoms with E-state index in [1.807, 2.05) is 12.1 Å². The number of carbonyl (C=O) groups excluding carboxylic acids is 1. The summed E-state index contributed by atoms with van der Waals surface area (Å²) in [6, 6.07) is 3.62. The second-order valence-corrected chi connectivity index (χ2v) is 5.53. The second-order valence-electron chi connectivity index (χ2n) is 5.53. The van der Waals surface area contributed by atoms with E-state index < -0.39 is 5.97 Å². The minimum atomic E-state index is -0.966. The van der Waals surface area contributed by atoms with Crippen LogP contribution in [0.25, 0.3) is 0 Å². The number of aliphatic carboxylic acids is 1. The zero-order valence-corrected chi connectivity index (χ0v) is 12.2. The molecule has 0 atom stereocenters. The Balaban J connectivity index is 1.87. The van der Waals surface area contributed by atoms with Gasteiger partial charge in [0.05, 0.1) is 0 Å². The van der Waals surface area contributed by atoms with Crippen molar-refractivity contribution in [1.29, 1.82) is 0 Å². The maximum Gasteiger partial charge on any atom is 0.323 e. The first kappa shape index (κ1) is 15.3. The standard InChI is InChI=1S/C15H21N3O3/c1-17(9-6-12-4-7-16-8-5-12)15(21)18(11-14(19)20)10-13-2-3-13/h4-5,7-8,13H,2-3,6,9-11H2,1H3,(H,19,20). The van der Waals surface area contributed by atoms with Crippen LogP contribution in [0.15, 0.2) is 24.5 Å². The number of hydrogen-bond donors (Lipinski definition) is 1. The maximum absolute atomic E-state index is 12.3. The predicted molar refractivity (Wildman–Crippen MR) is 77.9 cm³/mol. The largest absolute Gasteiger partial charge is 0.480 e. The summed E-state index contributed by atoms with van der Waals surface area (Å²) >= 11 is 0. The predicted octanol–water partition coefficient (Wildman–Crippen LogP) is 1.47. The number of hydrogen-bond acceptors (Lipinski definition) is 3. The maximum atomic E-state index is 12.3. The van der Waals surface area contributed by atoms with Crippen molar-refractivity contribution in [3.05, 3.63) is 30.1 Å². The minimum Gasteiger partial charge on any atom is -0.480 e. The Morgan fingerprint density at radius 1 is 1.33 bits per heavy atom. The Morgan fingerprint density at radius 3 is 2.57 bits per heavy atom. The molecule has 21 heavy (non-hydrogen) atoms. The number of nitrogens with zero attached hydrogens (tertiary/aromatic N) is 3. The van der Waals surface area contributed by atoms with Gasteiger partial charge < -0.3 is 14.9 Å². The van der Waals surface area contributed by atoms with Crippen LogP contribution in [0.2, 0.25) is 0 Å². The van der Waals surface area contributed by atoms with Crippen LogP contribution < -0.4 is 0 Å². The lowest BCUT2D eigenvalue weighted by Crippen LogP contribution is -2.45. The van der Waals surface area contributed by atoms with Crippen LogP contribution in [0.4, 0.5) is 4.79 Å². The molecule has 1 N–H and O–H groups in total. The lowest BCUT2D eigenvalue weighted by atomic mass is 10.2. The van der Waals surface area contributed by atoms with Crippen molar-refractivity contribution >= 4 is 12.0 Å². The average Bonchev–Trinajstić information content (AvgIpc) is 3.28. The fourth-order valence-corrected chi connectivity index (χ4v) is 2.17. The van der Waals surface area contributed by atoms with Gasteiger partial charge in [0.1, 0.15) is 6.54 Å². The lowest BCUT2D eigenvalue weighted by molar-refractivity contribution is -0.137. The first-order valence-corrected chi connectivity index (χ1v) is 7.17. The third-order valence-electron chi connectivity index (χ3n) is 3.58. The minimum absolute atomic E-state index is 0.210. The van der Waals surface area contributed by atoms with Gasteiger partial charge in [-0.2, -0.15) is 0 Å². The quantitative estimate of drug-likeness (QED) is 0.825. The molecule has 1 aliphatic rings. The summed E-state index contributed by atoms with van der Waals surface area (Å²) in [5, 5.41) is 8.94. The molecule has 0 aliphatic heterocycles. The molecule has 2 amide bonds. The first-order chi connectivity index (χ1) is 10.1. The Labute approximate surface area is 124 Å². The van der Waals surface area contributed by atoms with Gasteiger partial charge in [-0.1, -0.05) is 0 Å². The topological polar surface area (TPSA) is 73.7 Å². The number of carbonyl (C=O) groups is 2. The Bertz CT molecular complexity index is 488. The molecule has 0 radical (unpaired) electrons. The molecule has 6 nitrogen and oxygen atoms in total. The van der Waals surface area contributed by atoms with Crippen LogP contribution in [0.3, 0.4) is 0 Å². The number of pyridine rings is 1. The van der Waals surface area contributed by atoms with Crippen LogP contribution in [-0.4, -0.2) is 58.6 Å². The SMILES string of the molecule is CN(CCc1ccncc1)C(=O)N(CC(=O)O)CC1CC1. The smallest absolute Gasteiger partial charge is 0.323 e. The van der Waals surface area contributed by atoms with Gasteiger partial charge in [-0.3, -0.25) is 9.78 Å². The van der Waals surface area contributed by atoms with E-state index in [4.69, 9.17) is 5.11 Å². The van der Waals surface area contributed by atoms with E-state index in [0.29, 0.717) is 19.0 Å². The summed E-state index contributed by atoms with van der Waals surface area (Å²) in [7, 11) is 1.71. The van der Waals surface area contributed by atoms with Crippen molar-refractivity contribution in [2.45, 2.75) is 19.3 Å². The van der Waals surface area contributed by atoms with Gasteiger partial charge in [0.15, 0.2) is 0 Å². The molecule has 0 unspecified atom stereocenters. The number of rotatable bonds is 7. The molecule has 2 rings (SSSR count). The van der Waals surface area contributed by atoms with Crippen molar-refractivity contribution in [2.75, 3.05) is 26.7 Å². The third kappa shape index (κ3) is 5.06. The molecule has 0 saturated heterocycles. The van der Waals surface area contributed by atoms with Crippen molar-refractivity contribution in [2.24, 2.45) is 5.92 Å². The first-order valence-electron chi connectivity index (χ1n) is 7.17. The summed E-state index contributed by atoms with van der Waals surface area (Å²) in [5.41, 5.74) is 1.11. The van der Waals surface area contributed by atoms with Gasteiger partial charge in [0, 0.05) is 32.5 Å². The highest BCUT2D eigenvalue weighted by molar-refractivity contribution is 5.80. The van der Waals surface area contributed by atoms with Gasteiger partial charge in [-0.15, -0.1) is 0 Å². The zero-order valence-electron chi connectivity index (χ0n) is 12.2. The molecule has 0 bridgehead atoms. The number of amides is 2.